The van der Waals surface area contributed by atoms with Crippen LogP contribution in [0.2, 0.25) is 5.02 Å². The standard InChI is InChI=1S/C18H28ClN/c1-14(2)12-18(9-4-5-10-18)13-20-15(3)16-7-6-8-17(19)11-16/h6-8,11,14-15,20H,4-5,9-10,12-13H2,1-3H3. The lowest BCUT2D eigenvalue weighted by Gasteiger charge is -2.33. The average Bonchev–Trinajstić information content (AvgIpc) is 2.84. The summed E-state index contributed by atoms with van der Waals surface area (Å²) in [6.45, 7) is 8.07. The summed E-state index contributed by atoms with van der Waals surface area (Å²) in [5.41, 5.74) is 1.82. The fourth-order valence-corrected chi connectivity index (χ4v) is 3.91. The third-order valence-corrected chi connectivity index (χ3v) is 4.87. The zero-order valence-corrected chi connectivity index (χ0v) is 13.8. The van der Waals surface area contributed by atoms with Crippen LogP contribution in [0.1, 0.15) is 64.5 Å². The predicted molar refractivity (Wildman–Crippen MR) is 88.2 cm³/mol. The minimum Gasteiger partial charge on any atom is -0.310 e. The van der Waals surface area contributed by atoms with Crippen LogP contribution in [-0.4, -0.2) is 6.54 Å². The smallest absolute Gasteiger partial charge is 0.0409 e. The van der Waals surface area contributed by atoms with Crippen LogP contribution in [0.5, 0.6) is 0 Å². The van der Waals surface area contributed by atoms with Gasteiger partial charge in [0, 0.05) is 17.6 Å². The van der Waals surface area contributed by atoms with Gasteiger partial charge in [-0.05, 0) is 55.2 Å². The summed E-state index contributed by atoms with van der Waals surface area (Å²) < 4.78 is 0. The van der Waals surface area contributed by atoms with Crippen molar-refractivity contribution in [1.82, 2.24) is 5.32 Å². The first-order valence-electron chi connectivity index (χ1n) is 8.00. The third-order valence-electron chi connectivity index (χ3n) is 4.64. The molecule has 1 unspecified atom stereocenters. The van der Waals surface area contributed by atoms with Gasteiger partial charge in [0.2, 0.25) is 0 Å². The number of halogens is 1. The van der Waals surface area contributed by atoms with Crippen LogP contribution in [0.4, 0.5) is 0 Å². The maximum Gasteiger partial charge on any atom is 0.0409 e. The van der Waals surface area contributed by atoms with E-state index in [4.69, 9.17) is 11.6 Å². The zero-order chi connectivity index (χ0) is 14.6. The fourth-order valence-electron chi connectivity index (χ4n) is 3.71. The Morgan fingerprint density at radius 3 is 2.50 bits per heavy atom. The van der Waals surface area contributed by atoms with E-state index in [-0.39, 0.29) is 0 Å². The van der Waals surface area contributed by atoms with Gasteiger partial charge in [-0.15, -0.1) is 0 Å². The Kier molecular flexibility index (Phi) is 5.51. The molecular weight excluding hydrogens is 266 g/mol. The molecule has 1 nitrogen and oxygen atoms in total. The van der Waals surface area contributed by atoms with E-state index in [0.29, 0.717) is 11.5 Å². The largest absolute Gasteiger partial charge is 0.310 e. The summed E-state index contributed by atoms with van der Waals surface area (Å²) in [6.07, 6.45) is 6.93. The topological polar surface area (TPSA) is 12.0 Å². The van der Waals surface area contributed by atoms with E-state index in [0.717, 1.165) is 17.5 Å². The summed E-state index contributed by atoms with van der Waals surface area (Å²) in [5, 5.41) is 4.58. The molecule has 1 fully saturated rings. The molecule has 0 spiro atoms. The van der Waals surface area contributed by atoms with Gasteiger partial charge in [-0.25, -0.2) is 0 Å². The lowest BCUT2D eigenvalue weighted by atomic mass is 9.78. The molecule has 0 aromatic heterocycles. The minimum absolute atomic E-state index is 0.373. The van der Waals surface area contributed by atoms with Gasteiger partial charge in [0.15, 0.2) is 0 Å². The highest BCUT2D eigenvalue weighted by Crippen LogP contribution is 2.43. The van der Waals surface area contributed by atoms with E-state index in [1.807, 2.05) is 12.1 Å². The van der Waals surface area contributed by atoms with Crippen LogP contribution < -0.4 is 5.32 Å². The molecule has 20 heavy (non-hydrogen) atoms. The van der Waals surface area contributed by atoms with Crippen molar-refractivity contribution in [3.63, 3.8) is 0 Å². The van der Waals surface area contributed by atoms with Crippen molar-refractivity contribution in [2.75, 3.05) is 6.54 Å². The lowest BCUT2D eigenvalue weighted by molar-refractivity contribution is 0.217. The van der Waals surface area contributed by atoms with E-state index in [9.17, 15) is 0 Å². The highest BCUT2D eigenvalue weighted by molar-refractivity contribution is 6.30. The highest BCUT2D eigenvalue weighted by Gasteiger charge is 2.34. The molecule has 1 aromatic rings. The van der Waals surface area contributed by atoms with Crippen molar-refractivity contribution in [3.8, 4) is 0 Å². The molecule has 1 aliphatic carbocycles. The molecule has 2 rings (SSSR count). The normalized spacial score (nSPS) is 19.4. The molecular formula is C18H28ClN. The number of benzene rings is 1. The van der Waals surface area contributed by atoms with Gasteiger partial charge in [0.05, 0.1) is 0 Å². The monoisotopic (exact) mass is 293 g/mol. The third kappa shape index (κ3) is 4.23. The first-order chi connectivity index (χ1) is 9.51. The van der Waals surface area contributed by atoms with Gasteiger partial charge in [-0.2, -0.15) is 0 Å². The average molecular weight is 294 g/mol. The van der Waals surface area contributed by atoms with Gasteiger partial charge in [0.25, 0.3) is 0 Å². The molecule has 1 aromatic carbocycles. The summed E-state index contributed by atoms with van der Waals surface area (Å²) in [5.74, 6) is 0.788. The Morgan fingerprint density at radius 1 is 1.20 bits per heavy atom. The second-order valence-corrected chi connectivity index (χ2v) is 7.40. The van der Waals surface area contributed by atoms with Gasteiger partial charge in [0.1, 0.15) is 0 Å². The molecule has 0 amide bonds. The molecule has 0 saturated heterocycles. The van der Waals surface area contributed by atoms with Crippen molar-refractivity contribution >= 4 is 11.6 Å². The van der Waals surface area contributed by atoms with Gasteiger partial charge >= 0.3 is 0 Å². The Bertz CT molecular complexity index is 421. The summed E-state index contributed by atoms with van der Waals surface area (Å²) in [4.78, 5) is 0. The van der Waals surface area contributed by atoms with E-state index < -0.39 is 0 Å². The Labute approximate surface area is 129 Å². The lowest BCUT2D eigenvalue weighted by Crippen LogP contribution is -2.34. The minimum atomic E-state index is 0.373. The first-order valence-corrected chi connectivity index (χ1v) is 8.37. The SMILES string of the molecule is CC(C)CC1(CNC(C)c2cccc(Cl)c2)CCCC1. The van der Waals surface area contributed by atoms with Crippen molar-refractivity contribution in [2.24, 2.45) is 11.3 Å². The van der Waals surface area contributed by atoms with Gasteiger partial charge in [-0.3, -0.25) is 0 Å². The van der Waals surface area contributed by atoms with Gasteiger partial charge in [-0.1, -0.05) is 50.4 Å². The molecule has 1 saturated carbocycles. The molecule has 0 aliphatic heterocycles. The van der Waals surface area contributed by atoms with Crippen LogP contribution in [0.3, 0.4) is 0 Å². The zero-order valence-electron chi connectivity index (χ0n) is 13.1. The number of rotatable bonds is 6. The van der Waals surface area contributed by atoms with Crippen molar-refractivity contribution in [1.29, 1.82) is 0 Å². The Balaban J connectivity index is 1.95. The van der Waals surface area contributed by atoms with Crippen LogP contribution >= 0.6 is 11.6 Å². The molecule has 112 valence electrons. The number of nitrogens with one attached hydrogen (secondary N) is 1. The molecule has 2 heteroatoms. The molecule has 1 aliphatic rings. The first kappa shape index (κ1) is 15.9. The quantitative estimate of drug-likeness (QED) is 0.720. The predicted octanol–water partition coefficient (Wildman–Crippen LogP) is 5.60. The summed E-state index contributed by atoms with van der Waals surface area (Å²) in [7, 11) is 0. The Hall–Kier alpha value is -0.530. The maximum atomic E-state index is 6.08. The van der Waals surface area contributed by atoms with Crippen molar-refractivity contribution < 1.29 is 0 Å². The second kappa shape index (κ2) is 6.95. The van der Waals surface area contributed by atoms with E-state index >= 15 is 0 Å². The van der Waals surface area contributed by atoms with E-state index in [1.165, 1.54) is 37.7 Å². The molecule has 1 N–H and O–H groups in total. The van der Waals surface area contributed by atoms with Crippen LogP contribution in [0.25, 0.3) is 0 Å². The van der Waals surface area contributed by atoms with Crippen molar-refractivity contribution in [3.05, 3.63) is 34.9 Å². The highest BCUT2D eigenvalue weighted by atomic mass is 35.5. The van der Waals surface area contributed by atoms with Crippen LogP contribution in [-0.2, 0) is 0 Å². The maximum absolute atomic E-state index is 6.08. The van der Waals surface area contributed by atoms with E-state index in [2.05, 4.69) is 38.2 Å². The fraction of sp³-hybridized carbons (Fsp3) is 0.667. The Morgan fingerprint density at radius 2 is 1.90 bits per heavy atom. The second-order valence-electron chi connectivity index (χ2n) is 6.96. The van der Waals surface area contributed by atoms with Crippen LogP contribution in [0, 0.1) is 11.3 Å². The number of hydrogen-bond acceptors (Lipinski definition) is 1. The van der Waals surface area contributed by atoms with Crippen molar-refractivity contribution in [2.45, 2.75) is 58.9 Å². The van der Waals surface area contributed by atoms with Crippen LogP contribution in [0.15, 0.2) is 24.3 Å². The molecule has 0 radical (unpaired) electrons. The molecule has 0 heterocycles. The molecule has 1 atom stereocenters. The van der Waals surface area contributed by atoms with E-state index in [1.54, 1.807) is 0 Å². The summed E-state index contributed by atoms with van der Waals surface area (Å²) in [6, 6.07) is 8.58. The molecule has 0 bridgehead atoms. The number of hydrogen-bond donors (Lipinski definition) is 1. The summed E-state index contributed by atoms with van der Waals surface area (Å²) >= 11 is 6.08. The van der Waals surface area contributed by atoms with Gasteiger partial charge < -0.3 is 5.32 Å².